The number of ether oxygens (including phenoxy) is 2. The maximum absolute atomic E-state index is 9.65. The Morgan fingerprint density at radius 1 is 1.29 bits per heavy atom. The first kappa shape index (κ1) is 17.3. The van der Waals surface area contributed by atoms with Crippen molar-refractivity contribution in [2.45, 2.75) is 18.9 Å². The number of hydrogen-bond acceptors (Lipinski definition) is 5. The monoisotopic (exact) mass is 332 g/mol. The topological polar surface area (TPSA) is 45.2 Å². The molecule has 1 aromatic rings. The standard InChI is InChI=1S/C19H28N2O3/c1-23-19-14-16(6-7-18(19)22)4-2-8-20-9-3-5-17(15-20)21-10-12-24-13-11-21/h2,4,6-7,14,17,22H,3,5,8-13,15H2,1H3/b4-2+. The zero-order chi connectivity index (χ0) is 16.8. The Hall–Kier alpha value is -1.56. The molecule has 132 valence electrons. The molecule has 5 nitrogen and oxygen atoms in total. The third kappa shape index (κ3) is 4.50. The molecule has 1 unspecified atom stereocenters. The van der Waals surface area contributed by atoms with E-state index in [0.717, 1.165) is 45.0 Å². The molecule has 1 N–H and O–H groups in total. The maximum Gasteiger partial charge on any atom is 0.161 e. The summed E-state index contributed by atoms with van der Waals surface area (Å²) in [6, 6.07) is 6.11. The summed E-state index contributed by atoms with van der Waals surface area (Å²) in [5.41, 5.74) is 1.05. The smallest absolute Gasteiger partial charge is 0.161 e. The number of phenols is 1. The van der Waals surface area contributed by atoms with Crippen LogP contribution in [0.3, 0.4) is 0 Å². The van der Waals surface area contributed by atoms with E-state index in [1.807, 2.05) is 12.1 Å². The predicted molar refractivity (Wildman–Crippen MR) is 95.5 cm³/mol. The number of morpholine rings is 1. The van der Waals surface area contributed by atoms with E-state index < -0.39 is 0 Å². The summed E-state index contributed by atoms with van der Waals surface area (Å²) in [5.74, 6) is 0.696. The van der Waals surface area contributed by atoms with Crippen LogP contribution in [-0.4, -0.2) is 74.0 Å². The number of nitrogens with zero attached hydrogens (tertiary/aromatic N) is 2. The molecule has 0 saturated carbocycles. The summed E-state index contributed by atoms with van der Waals surface area (Å²) in [7, 11) is 1.57. The van der Waals surface area contributed by atoms with Gasteiger partial charge >= 0.3 is 0 Å². The second kappa shape index (κ2) is 8.51. The highest BCUT2D eigenvalue weighted by molar-refractivity contribution is 5.55. The second-order valence-corrected chi connectivity index (χ2v) is 6.54. The van der Waals surface area contributed by atoms with Gasteiger partial charge in [0.05, 0.1) is 20.3 Å². The molecule has 0 amide bonds. The Morgan fingerprint density at radius 2 is 2.12 bits per heavy atom. The van der Waals surface area contributed by atoms with Crippen molar-refractivity contribution in [1.29, 1.82) is 0 Å². The highest BCUT2D eigenvalue weighted by Crippen LogP contribution is 2.26. The first-order valence-corrected chi connectivity index (χ1v) is 8.84. The van der Waals surface area contributed by atoms with Gasteiger partial charge in [0.1, 0.15) is 0 Å². The Balaban J connectivity index is 1.52. The van der Waals surface area contributed by atoms with Gasteiger partial charge in [0.15, 0.2) is 11.5 Å². The molecule has 2 heterocycles. The number of phenolic OH excluding ortho intramolecular Hbond substituents is 1. The van der Waals surface area contributed by atoms with Crippen molar-refractivity contribution in [2.24, 2.45) is 0 Å². The summed E-state index contributed by atoms with van der Waals surface area (Å²) in [6.45, 7) is 7.17. The van der Waals surface area contributed by atoms with Crippen LogP contribution in [0.2, 0.25) is 0 Å². The van der Waals surface area contributed by atoms with E-state index in [9.17, 15) is 5.11 Å². The fraction of sp³-hybridized carbons (Fsp3) is 0.579. The van der Waals surface area contributed by atoms with E-state index in [-0.39, 0.29) is 5.75 Å². The molecule has 1 aromatic carbocycles. The van der Waals surface area contributed by atoms with Gasteiger partial charge in [-0.05, 0) is 37.1 Å². The molecule has 5 heteroatoms. The van der Waals surface area contributed by atoms with E-state index in [1.165, 1.54) is 19.4 Å². The second-order valence-electron chi connectivity index (χ2n) is 6.54. The van der Waals surface area contributed by atoms with E-state index in [4.69, 9.17) is 9.47 Å². The summed E-state index contributed by atoms with van der Waals surface area (Å²) in [5, 5.41) is 9.65. The van der Waals surface area contributed by atoms with Gasteiger partial charge in [0.25, 0.3) is 0 Å². The SMILES string of the molecule is COc1cc(/C=C/CN2CCCC(N3CCOCC3)C2)ccc1O. The lowest BCUT2D eigenvalue weighted by atomic mass is 10.0. The fourth-order valence-electron chi connectivity index (χ4n) is 3.57. The van der Waals surface area contributed by atoms with Crippen molar-refractivity contribution in [1.82, 2.24) is 9.80 Å². The summed E-state index contributed by atoms with van der Waals surface area (Å²) in [6.07, 6.45) is 6.87. The van der Waals surface area contributed by atoms with Crippen molar-refractivity contribution >= 4 is 6.08 Å². The van der Waals surface area contributed by atoms with Crippen LogP contribution in [-0.2, 0) is 4.74 Å². The van der Waals surface area contributed by atoms with Gasteiger partial charge in [-0.1, -0.05) is 18.2 Å². The Bertz CT molecular complexity index is 556. The molecule has 0 bridgehead atoms. The summed E-state index contributed by atoms with van der Waals surface area (Å²) < 4.78 is 10.6. The zero-order valence-electron chi connectivity index (χ0n) is 14.5. The average molecular weight is 332 g/mol. The van der Waals surface area contributed by atoms with Gasteiger partial charge in [-0.2, -0.15) is 0 Å². The van der Waals surface area contributed by atoms with Gasteiger partial charge in [-0.3, -0.25) is 9.80 Å². The minimum Gasteiger partial charge on any atom is -0.504 e. The van der Waals surface area contributed by atoms with Gasteiger partial charge < -0.3 is 14.6 Å². The molecule has 2 aliphatic heterocycles. The van der Waals surface area contributed by atoms with Crippen LogP contribution in [0.15, 0.2) is 24.3 Å². The van der Waals surface area contributed by atoms with Gasteiger partial charge in [0, 0.05) is 32.2 Å². The van der Waals surface area contributed by atoms with Gasteiger partial charge in [-0.25, -0.2) is 0 Å². The lowest BCUT2D eigenvalue weighted by molar-refractivity contribution is -0.00117. The minimum absolute atomic E-state index is 0.180. The number of rotatable bonds is 5. The van der Waals surface area contributed by atoms with E-state index >= 15 is 0 Å². The molecule has 0 radical (unpaired) electrons. The fourth-order valence-corrected chi connectivity index (χ4v) is 3.57. The Labute approximate surface area is 144 Å². The lowest BCUT2D eigenvalue weighted by Crippen LogP contribution is -2.51. The molecule has 2 saturated heterocycles. The van der Waals surface area contributed by atoms with Crippen molar-refractivity contribution in [3.63, 3.8) is 0 Å². The highest BCUT2D eigenvalue weighted by atomic mass is 16.5. The van der Waals surface area contributed by atoms with Crippen LogP contribution in [0, 0.1) is 0 Å². The van der Waals surface area contributed by atoms with E-state index in [0.29, 0.717) is 11.8 Å². The summed E-state index contributed by atoms with van der Waals surface area (Å²) >= 11 is 0. The van der Waals surface area contributed by atoms with Gasteiger partial charge in [-0.15, -0.1) is 0 Å². The largest absolute Gasteiger partial charge is 0.504 e. The zero-order valence-corrected chi connectivity index (χ0v) is 14.5. The van der Waals surface area contributed by atoms with Crippen LogP contribution >= 0.6 is 0 Å². The van der Waals surface area contributed by atoms with Crippen LogP contribution in [0.5, 0.6) is 11.5 Å². The quantitative estimate of drug-likeness (QED) is 0.896. The molecular formula is C19H28N2O3. The third-order valence-electron chi connectivity index (χ3n) is 4.92. The molecule has 3 rings (SSSR count). The Kier molecular flexibility index (Phi) is 6.12. The number of likely N-dealkylation sites (tertiary alicyclic amines) is 1. The first-order chi connectivity index (χ1) is 11.8. The van der Waals surface area contributed by atoms with Crippen molar-refractivity contribution < 1.29 is 14.6 Å². The molecule has 1 atom stereocenters. The first-order valence-electron chi connectivity index (χ1n) is 8.84. The molecule has 0 aromatic heterocycles. The normalized spacial score (nSPS) is 23.6. The number of methoxy groups -OCH3 is 1. The third-order valence-corrected chi connectivity index (χ3v) is 4.92. The molecule has 2 aliphatic rings. The molecule has 0 aliphatic carbocycles. The minimum atomic E-state index is 0.180. The summed E-state index contributed by atoms with van der Waals surface area (Å²) in [4.78, 5) is 5.11. The number of hydrogen-bond donors (Lipinski definition) is 1. The van der Waals surface area contributed by atoms with Crippen LogP contribution in [0.4, 0.5) is 0 Å². The van der Waals surface area contributed by atoms with Crippen molar-refractivity contribution in [3.05, 3.63) is 29.8 Å². The van der Waals surface area contributed by atoms with Gasteiger partial charge in [0.2, 0.25) is 0 Å². The highest BCUT2D eigenvalue weighted by Gasteiger charge is 2.25. The molecule has 0 spiro atoms. The number of benzene rings is 1. The van der Waals surface area contributed by atoms with Crippen molar-refractivity contribution in [3.8, 4) is 11.5 Å². The van der Waals surface area contributed by atoms with E-state index in [2.05, 4.69) is 22.0 Å². The molecular weight excluding hydrogens is 304 g/mol. The number of aromatic hydroxyl groups is 1. The van der Waals surface area contributed by atoms with Crippen LogP contribution < -0.4 is 4.74 Å². The molecule has 2 fully saturated rings. The average Bonchev–Trinajstić information content (AvgIpc) is 2.64. The lowest BCUT2D eigenvalue weighted by Gasteiger charge is -2.40. The maximum atomic E-state index is 9.65. The molecule has 24 heavy (non-hydrogen) atoms. The van der Waals surface area contributed by atoms with Crippen LogP contribution in [0.1, 0.15) is 18.4 Å². The van der Waals surface area contributed by atoms with E-state index in [1.54, 1.807) is 13.2 Å². The van der Waals surface area contributed by atoms with Crippen molar-refractivity contribution in [2.75, 3.05) is 53.0 Å². The Morgan fingerprint density at radius 3 is 2.92 bits per heavy atom. The number of piperidine rings is 1. The predicted octanol–water partition coefficient (Wildman–Crippen LogP) is 2.21. The van der Waals surface area contributed by atoms with Crippen LogP contribution in [0.25, 0.3) is 6.08 Å².